The Morgan fingerprint density at radius 1 is 1.10 bits per heavy atom. The summed E-state index contributed by atoms with van der Waals surface area (Å²) in [5, 5.41) is 0. The van der Waals surface area contributed by atoms with Gasteiger partial charge in [-0.25, -0.2) is 9.97 Å². The number of likely N-dealkylation sites (tertiary alicyclic amines) is 2. The second kappa shape index (κ2) is 9.09. The third-order valence-corrected chi connectivity index (χ3v) is 5.50. The Morgan fingerprint density at radius 3 is 2.69 bits per heavy atom. The second-order valence-electron chi connectivity index (χ2n) is 7.38. The van der Waals surface area contributed by atoms with E-state index in [1.807, 2.05) is 17.0 Å². The molecule has 2 saturated heterocycles. The molecular formula is C21H25N5O3. The molecule has 152 valence electrons. The lowest BCUT2D eigenvalue weighted by Gasteiger charge is -2.24. The smallest absolute Gasteiger partial charge is 0.249 e. The quantitative estimate of drug-likeness (QED) is 0.665. The molecule has 2 aliphatic heterocycles. The zero-order chi connectivity index (χ0) is 20.1. The lowest BCUT2D eigenvalue weighted by molar-refractivity contribution is -0.137. The van der Waals surface area contributed by atoms with Crippen LogP contribution in [-0.4, -0.2) is 69.4 Å². The summed E-state index contributed by atoms with van der Waals surface area (Å²) in [6.07, 6.45) is 10.2. The summed E-state index contributed by atoms with van der Waals surface area (Å²) in [5.74, 6) is 0.152. The number of carbonyl (C=O) groups excluding carboxylic acids is 2. The minimum absolute atomic E-state index is 0.0210. The highest BCUT2D eigenvalue weighted by atomic mass is 16.5. The van der Waals surface area contributed by atoms with E-state index in [2.05, 4.69) is 15.0 Å². The molecule has 2 amide bonds. The number of hydrogen-bond donors (Lipinski definition) is 0. The number of ether oxygens (including phenoxy) is 1. The van der Waals surface area contributed by atoms with Crippen molar-refractivity contribution in [3.05, 3.63) is 42.7 Å². The fourth-order valence-corrected chi connectivity index (χ4v) is 3.95. The normalized spacial score (nSPS) is 19.2. The van der Waals surface area contributed by atoms with Crippen molar-refractivity contribution >= 4 is 11.8 Å². The molecule has 8 heteroatoms. The van der Waals surface area contributed by atoms with Gasteiger partial charge in [-0.3, -0.25) is 14.6 Å². The Morgan fingerprint density at radius 2 is 1.97 bits per heavy atom. The van der Waals surface area contributed by atoms with Crippen LogP contribution < -0.4 is 0 Å². The van der Waals surface area contributed by atoms with Crippen molar-refractivity contribution in [1.29, 1.82) is 0 Å². The second-order valence-corrected chi connectivity index (χ2v) is 7.38. The molecule has 2 aliphatic rings. The van der Waals surface area contributed by atoms with E-state index < -0.39 is 0 Å². The summed E-state index contributed by atoms with van der Waals surface area (Å²) < 4.78 is 5.56. The molecule has 0 saturated carbocycles. The predicted molar refractivity (Wildman–Crippen MR) is 106 cm³/mol. The number of carbonyl (C=O) groups is 2. The number of aromatic nitrogens is 3. The lowest BCUT2D eigenvalue weighted by atomic mass is 10.1. The molecule has 0 N–H and O–H groups in total. The van der Waals surface area contributed by atoms with Gasteiger partial charge in [-0.1, -0.05) is 6.07 Å². The highest BCUT2D eigenvalue weighted by Crippen LogP contribution is 2.31. The average molecular weight is 395 g/mol. The van der Waals surface area contributed by atoms with Gasteiger partial charge in [-0.15, -0.1) is 0 Å². The van der Waals surface area contributed by atoms with Crippen molar-refractivity contribution in [3.8, 4) is 11.1 Å². The van der Waals surface area contributed by atoms with Crippen molar-refractivity contribution in [3.63, 3.8) is 0 Å². The Bertz CT molecular complexity index is 843. The number of pyridine rings is 1. The summed E-state index contributed by atoms with van der Waals surface area (Å²) >= 11 is 0. The largest absolute Gasteiger partial charge is 0.370 e. The van der Waals surface area contributed by atoms with Gasteiger partial charge in [0.25, 0.3) is 0 Å². The van der Waals surface area contributed by atoms with Crippen molar-refractivity contribution in [2.24, 2.45) is 0 Å². The van der Waals surface area contributed by atoms with Crippen LogP contribution in [0.25, 0.3) is 11.1 Å². The molecule has 1 atom stereocenters. The minimum Gasteiger partial charge on any atom is -0.370 e. The van der Waals surface area contributed by atoms with E-state index in [0.29, 0.717) is 26.1 Å². The monoisotopic (exact) mass is 395 g/mol. The van der Waals surface area contributed by atoms with Crippen LogP contribution in [-0.2, 0) is 14.3 Å². The molecular weight excluding hydrogens is 370 g/mol. The van der Waals surface area contributed by atoms with Gasteiger partial charge in [0.2, 0.25) is 11.8 Å². The molecule has 2 aromatic rings. The van der Waals surface area contributed by atoms with Crippen molar-refractivity contribution in [2.45, 2.75) is 31.7 Å². The van der Waals surface area contributed by atoms with Crippen LogP contribution in [0.4, 0.5) is 0 Å². The first-order chi connectivity index (χ1) is 14.2. The molecule has 2 aromatic heterocycles. The molecule has 0 bridgehead atoms. The highest BCUT2D eigenvalue weighted by molar-refractivity contribution is 5.78. The predicted octanol–water partition coefficient (Wildman–Crippen LogP) is 1.84. The van der Waals surface area contributed by atoms with Gasteiger partial charge in [0, 0.05) is 55.8 Å². The lowest BCUT2D eigenvalue weighted by Crippen LogP contribution is -2.35. The Labute approximate surface area is 169 Å². The van der Waals surface area contributed by atoms with Gasteiger partial charge in [-0.2, -0.15) is 0 Å². The Hall–Kier alpha value is -2.87. The van der Waals surface area contributed by atoms with Crippen LogP contribution in [0.2, 0.25) is 0 Å². The van der Waals surface area contributed by atoms with Crippen molar-refractivity contribution in [2.75, 3.05) is 32.8 Å². The third kappa shape index (κ3) is 4.59. The average Bonchev–Trinajstić information content (AvgIpc) is 3.41. The van der Waals surface area contributed by atoms with Crippen molar-refractivity contribution in [1.82, 2.24) is 24.8 Å². The number of amides is 2. The molecule has 0 aliphatic carbocycles. The molecule has 29 heavy (non-hydrogen) atoms. The molecule has 0 radical (unpaired) electrons. The van der Waals surface area contributed by atoms with Gasteiger partial charge in [0.05, 0.1) is 18.3 Å². The summed E-state index contributed by atoms with van der Waals surface area (Å²) in [6.45, 7) is 2.50. The van der Waals surface area contributed by atoms with Gasteiger partial charge in [-0.05, 0) is 25.3 Å². The Balaban J connectivity index is 1.31. The molecule has 8 nitrogen and oxygen atoms in total. The van der Waals surface area contributed by atoms with E-state index >= 15 is 0 Å². The van der Waals surface area contributed by atoms with Gasteiger partial charge >= 0.3 is 0 Å². The van der Waals surface area contributed by atoms with E-state index in [9.17, 15) is 9.59 Å². The standard InChI is InChI=1S/C21H25N5O3/c27-20-4-2-7-25(20)9-10-29-14-21(28)26-8-1-3-19(26)18-6-5-16(13-24-18)17-11-22-15-23-12-17/h5-6,11-13,15,19H,1-4,7-10,14H2/t19-/m0/s1. The highest BCUT2D eigenvalue weighted by Gasteiger charge is 2.31. The van der Waals surface area contributed by atoms with Crippen LogP contribution in [0.15, 0.2) is 37.1 Å². The first kappa shape index (κ1) is 19.4. The van der Waals surface area contributed by atoms with Gasteiger partial charge < -0.3 is 14.5 Å². The molecule has 0 unspecified atom stereocenters. The van der Waals surface area contributed by atoms with E-state index in [0.717, 1.165) is 42.6 Å². The van der Waals surface area contributed by atoms with E-state index in [1.165, 1.54) is 6.33 Å². The fraction of sp³-hybridized carbons (Fsp3) is 0.476. The maximum absolute atomic E-state index is 12.7. The van der Waals surface area contributed by atoms with Crippen LogP contribution in [0.5, 0.6) is 0 Å². The Kier molecular flexibility index (Phi) is 6.09. The molecule has 0 spiro atoms. The van der Waals surface area contributed by atoms with Crippen LogP contribution in [0.1, 0.15) is 37.4 Å². The zero-order valence-corrected chi connectivity index (χ0v) is 16.4. The summed E-state index contributed by atoms with van der Waals surface area (Å²) in [5.41, 5.74) is 2.75. The van der Waals surface area contributed by atoms with Gasteiger partial charge in [0.1, 0.15) is 12.9 Å². The van der Waals surface area contributed by atoms with Crippen LogP contribution >= 0.6 is 0 Å². The molecule has 2 fully saturated rings. The van der Waals surface area contributed by atoms with E-state index in [1.54, 1.807) is 23.5 Å². The van der Waals surface area contributed by atoms with Crippen LogP contribution in [0, 0.1) is 0 Å². The van der Waals surface area contributed by atoms with Gasteiger partial charge in [0.15, 0.2) is 0 Å². The third-order valence-electron chi connectivity index (χ3n) is 5.50. The topological polar surface area (TPSA) is 88.5 Å². The van der Waals surface area contributed by atoms with Crippen LogP contribution in [0.3, 0.4) is 0 Å². The van der Waals surface area contributed by atoms with E-state index in [4.69, 9.17) is 4.74 Å². The van der Waals surface area contributed by atoms with E-state index in [-0.39, 0.29) is 24.5 Å². The number of nitrogens with zero attached hydrogens (tertiary/aromatic N) is 5. The molecule has 4 rings (SSSR count). The summed E-state index contributed by atoms with van der Waals surface area (Å²) in [6, 6.07) is 3.94. The van der Waals surface area contributed by atoms with Crippen molar-refractivity contribution < 1.29 is 14.3 Å². The number of rotatable bonds is 7. The maximum atomic E-state index is 12.7. The molecule has 0 aromatic carbocycles. The first-order valence-electron chi connectivity index (χ1n) is 10.1. The molecule has 4 heterocycles. The summed E-state index contributed by atoms with van der Waals surface area (Å²) in [4.78, 5) is 40.6. The number of hydrogen-bond acceptors (Lipinski definition) is 6. The fourth-order valence-electron chi connectivity index (χ4n) is 3.95. The first-order valence-corrected chi connectivity index (χ1v) is 10.1. The zero-order valence-electron chi connectivity index (χ0n) is 16.4. The maximum Gasteiger partial charge on any atom is 0.249 e. The summed E-state index contributed by atoms with van der Waals surface area (Å²) in [7, 11) is 0. The minimum atomic E-state index is -0.0254. The SMILES string of the molecule is O=C1CCCN1CCOCC(=O)N1CCC[C@H]1c1ccc(-c2cncnc2)cn1.